The molecule has 0 spiro atoms. The molecule has 5 nitrogen and oxygen atoms in total. The van der Waals surface area contributed by atoms with E-state index in [1.807, 2.05) is 19.2 Å². The Labute approximate surface area is 118 Å². The normalized spacial score (nSPS) is 14.2. The maximum atomic E-state index is 10.8. The lowest BCUT2D eigenvalue weighted by Gasteiger charge is -2.22. The lowest BCUT2D eigenvalue weighted by atomic mass is 9.93. The zero-order chi connectivity index (χ0) is 14.7. The van der Waals surface area contributed by atoms with Crippen molar-refractivity contribution in [1.29, 1.82) is 0 Å². The molecule has 1 N–H and O–H groups in total. The van der Waals surface area contributed by atoms with Gasteiger partial charge in [0.25, 0.3) is 5.69 Å². The van der Waals surface area contributed by atoms with Crippen molar-refractivity contribution in [2.75, 3.05) is 7.05 Å². The number of likely N-dealkylation sites (N-methyl/N-ethyl adjacent to an activating group) is 1. The van der Waals surface area contributed by atoms with E-state index in [9.17, 15) is 10.1 Å². The van der Waals surface area contributed by atoms with Crippen molar-refractivity contribution in [3.05, 3.63) is 46.1 Å². The minimum absolute atomic E-state index is 0.0997. The molecule has 5 heteroatoms. The highest BCUT2D eigenvalue weighted by atomic mass is 16.6. The Morgan fingerprint density at radius 2 is 2.10 bits per heavy atom. The van der Waals surface area contributed by atoms with E-state index in [0.29, 0.717) is 12.0 Å². The first-order valence-corrected chi connectivity index (χ1v) is 6.79. The molecule has 2 aromatic rings. The van der Waals surface area contributed by atoms with Gasteiger partial charge in [-0.15, -0.1) is 0 Å². The smallest absolute Gasteiger partial charge is 0.270 e. The van der Waals surface area contributed by atoms with Crippen molar-refractivity contribution in [1.82, 2.24) is 10.3 Å². The molecule has 0 aliphatic heterocycles. The number of rotatable bonds is 5. The van der Waals surface area contributed by atoms with E-state index in [-0.39, 0.29) is 10.6 Å². The molecule has 2 atom stereocenters. The standard InChI is InChI=1S/C15H19N3O2/c1-4-13(10(2)16-3)15-7-5-11-9-12(18(19)20)6-8-14(11)17-15/h5-10,13,16H,4H2,1-3H3. The summed E-state index contributed by atoms with van der Waals surface area (Å²) in [5.41, 5.74) is 1.92. The second-order valence-electron chi connectivity index (χ2n) is 4.96. The second-order valence-corrected chi connectivity index (χ2v) is 4.96. The fourth-order valence-electron chi connectivity index (χ4n) is 2.47. The third kappa shape index (κ3) is 2.77. The third-order valence-corrected chi connectivity index (χ3v) is 3.78. The largest absolute Gasteiger partial charge is 0.317 e. The molecule has 106 valence electrons. The average molecular weight is 273 g/mol. The molecule has 0 saturated carbocycles. The van der Waals surface area contributed by atoms with Crippen molar-refractivity contribution >= 4 is 16.6 Å². The molecular formula is C15H19N3O2. The highest BCUT2D eigenvalue weighted by Crippen LogP contribution is 2.25. The molecule has 2 unspecified atom stereocenters. The first-order chi connectivity index (χ1) is 9.56. The molecule has 0 amide bonds. The van der Waals surface area contributed by atoms with E-state index in [1.54, 1.807) is 12.1 Å². The molecule has 1 heterocycles. The van der Waals surface area contributed by atoms with Crippen LogP contribution in [0.1, 0.15) is 31.9 Å². The summed E-state index contributed by atoms with van der Waals surface area (Å²) in [6.07, 6.45) is 0.994. The van der Waals surface area contributed by atoms with Gasteiger partial charge in [0.1, 0.15) is 0 Å². The monoisotopic (exact) mass is 273 g/mol. The van der Waals surface area contributed by atoms with Crippen molar-refractivity contribution in [2.45, 2.75) is 32.2 Å². The molecule has 0 saturated heterocycles. The summed E-state index contributed by atoms with van der Waals surface area (Å²) < 4.78 is 0. The Morgan fingerprint density at radius 3 is 2.70 bits per heavy atom. The van der Waals surface area contributed by atoms with Gasteiger partial charge in [-0.2, -0.15) is 0 Å². The highest BCUT2D eigenvalue weighted by Gasteiger charge is 2.18. The van der Waals surface area contributed by atoms with E-state index in [0.717, 1.165) is 23.0 Å². The van der Waals surface area contributed by atoms with Gasteiger partial charge < -0.3 is 5.32 Å². The summed E-state index contributed by atoms with van der Waals surface area (Å²) in [6, 6.07) is 9.00. The fraction of sp³-hybridized carbons (Fsp3) is 0.400. The van der Waals surface area contributed by atoms with Crippen molar-refractivity contribution in [2.24, 2.45) is 0 Å². The number of hydrogen-bond acceptors (Lipinski definition) is 4. The van der Waals surface area contributed by atoms with Gasteiger partial charge in [-0.25, -0.2) is 0 Å². The zero-order valence-corrected chi connectivity index (χ0v) is 12.0. The van der Waals surface area contributed by atoms with Crippen LogP contribution in [-0.2, 0) is 0 Å². The predicted octanol–water partition coefficient (Wildman–Crippen LogP) is 3.24. The van der Waals surface area contributed by atoms with Crippen LogP contribution in [-0.4, -0.2) is 23.0 Å². The van der Waals surface area contributed by atoms with Crippen molar-refractivity contribution < 1.29 is 4.92 Å². The Bertz CT molecular complexity index is 628. The second kappa shape index (κ2) is 5.96. The SMILES string of the molecule is CCC(c1ccc2cc([N+](=O)[O-])ccc2n1)C(C)NC. The van der Waals surface area contributed by atoms with E-state index < -0.39 is 0 Å². The van der Waals surface area contributed by atoms with E-state index in [1.165, 1.54) is 6.07 Å². The Morgan fingerprint density at radius 1 is 1.35 bits per heavy atom. The summed E-state index contributed by atoms with van der Waals surface area (Å²) in [4.78, 5) is 15.0. The topological polar surface area (TPSA) is 68.1 Å². The van der Waals surface area contributed by atoms with E-state index in [4.69, 9.17) is 0 Å². The summed E-state index contributed by atoms with van der Waals surface area (Å²) in [6.45, 7) is 4.27. The number of non-ortho nitro benzene ring substituents is 1. The molecule has 1 aromatic carbocycles. The fourth-order valence-corrected chi connectivity index (χ4v) is 2.47. The summed E-state index contributed by atoms with van der Waals surface area (Å²) in [5.74, 6) is 0.333. The summed E-state index contributed by atoms with van der Waals surface area (Å²) >= 11 is 0. The number of nitro benzene ring substituents is 1. The minimum Gasteiger partial charge on any atom is -0.317 e. The number of nitrogens with zero attached hydrogens (tertiary/aromatic N) is 2. The van der Waals surface area contributed by atoms with Crippen LogP contribution in [0.4, 0.5) is 5.69 Å². The molecule has 0 fully saturated rings. The van der Waals surface area contributed by atoms with Gasteiger partial charge in [-0.3, -0.25) is 15.1 Å². The molecule has 0 bridgehead atoms. The highest BCUT2D eigenvalue weighted by molar-refractivity contribution is 5.81. The van der Waals surface area contributed by atoms with Gasteiger partial charge in [0.15, 0.2) is 0 Å². The van der Waals surface area contributed by atoms with Crippen LogP contribution in [0, 0.1) is 10.1 Å². The molecule has 0 aliphatic carbocycles. The molecule has 2 rings (SSSR count). The van der Waals surface area contributed by atoms with E-state index >= 15 is 0 Å². The predicted molar refractivity (Wildman–Crippen MR) is 80.0 cm³/mol. The summed E-state index contributed by atoms with van der Waals surface area (Å²) in [7, 11) is 1.94. The van der Waals surface area contributed by atoms with Crippen molar-refractivity contribution in [3.8, 4) is 0 Å². The maximum Gasteiger partial charge on any atom is 0.270 e. The van der Waals surface area contributed by atoms with Crippen LogP contribution in [0.25, 0.3) is 10.9 Å². The van der Waals surface area contributed by atoms with Crippen LogP contribution < -0.4 is 5.32 Å². The van der Waals surface area contributed by atoms with Gasteiger partial charge in [0, 0.05) is 35.2 Å². The number of fused-ring (bicyclic) bond motifs is 1. The van der Waals surface area contributed by atoms with Gasteiger partial charge in [0.2, 0.25) is 0 Å². The molecular weight excluding hydrogens is 254 g/mol. The first-order valence-electron chi connectivity index (χ1n) is 6.79. The third-order valence-electron chi connectivity index (χ3n) is 3.78. The number of pyridine rings is 1. The van der Waals surface area contributed by atoms with Crippen LogP contribution in [0.5, 0.6) is 0 Å². The van der Waals surface area contributed by atoms with Crippen LogP contribution in [0.15, 0.2) is 30.3 Å². The Kier molecular flexibility index (Phi) is 4.29. The van der Waals surface area contributed by atoms with Gasteiger partial charge in [-0.05, 0) is 32.5 Å². The van der Waals surface area contributed by atoms with Crippen LogP contribution in [0.2, 0.25) is 0 Å². The minimum atomic E-state index is -0.384. The lowest BCUT2D eigenvalue weighted by Crippen LogP contribution is -2.29. The van der Waals surface area contributed by atoms with E-state index in [2.05, 4.69) is 24.1 Å². The maximum absolute atomic E-state index is 10.8. The molecule has 0 radical (unpaired) electrons. The Hall–Kier alpha value is -2.01. The average Bonchev–Trinajstić information content (AvgIpc) is 2.47. The van der Waals surface area contributed by atoms with Gasteiger partial charge >= 0.3 is 0 Å². The number of nitrogens with one attached hydrogen (secondary N) is 1. The first kappa shape index (κ1) is 14.4. The number of hydrogen-bond donors (Lipinski definition) is 1. The number of benzene rings is 1. The molecule has 0 aliphatic rings. The van der Waals surface area contributed by atoms with Crippen LogP contribution >= 0.6 is 0 Å². The number of nitro groups is 1. The summed E-state index contributed by atoms with van der Waals surface area (Å²) in [5, 5.41) is 14.8. The quantitative estimate of drug-likeness (QED) is 0.670. The molecule has 1 aromatic heterocycles. The zero-order valence-electron chi connectivity index (χ0n) is 12.0. The van der Waals surface area contributed by atoms with Crippen LogP contribution in [0.3, 0.4) is 0 Å². The van der Waals surface area contributed by atoms with Crippen molar-refractivity contribution in [3.63, 3.8) is 0 Å². The van der Waals surface area contributed by atoms with Gasteiger partial charge in [-0.1, -0.05) is 13.0 Å². The Balaban J connectivity index is 2.43. The lowest BCUT2D eigenvalue weighted by molar-refractivity contribution is -0.384. The molecule has 20 heavy (non-hydrogen) atoms. The number of aromatic nitrogens is 1. The van der Waals surface area contributed by atoms with Gasteiger partial charge in [0.05, 0.1) is 10.4 Å².